The van der Waals surface area contributed by atoms with Crippen LogP contribution in [0.1, 0.15) is 110 Å². The van der Waals surface area contributed by atoms with Crippen LogP contribution in [0.25, 0.3) is 0 Å². The van der Waals surface area contributed by atoms with E-state index in [1.807, 2.05) is 0 Å². The first-order valence-electron chi connectivity index (χ1n) is 10.8. The van der Waals surface area contributed by atoms with Crippen LogP contribution < -0.4 is 4.89 Å². The van der Waals surface area contributed by atoms with Crippen LogP contribution in [0.4, 0.5) is 0 Å². The Morgan fingerprint density at radius 1 is 0.654 bits per heavy atom. The summed E-state index contributed by atoms with van der Waals surface area (Å²) in [6.07, 6.45) is 20.8. The number of phosphoric acid groups is 1. The van der Waals surface area contributed by atoms with E-state index >= 15 is 0 Å². The fourth-order valence-corrected chi connectivity index (χ4v) is 4.16. The molecule has 0 fully saturated rings. The molecule has 0 saturated heterocycles. The fraction of sp³-hybridized carbons (Fsp3) is 1.00. The molecule has 0 aromatic carbocycles. The molecule has 0 aromatic rings. The molecule has 0 saturated carbocycles. The molecule has 0 N–H and O–H groups in total. The summed E-state index contributed by atoms with van der Waals surface area (Å²) in [5, 5.41) is 0.488. The first kappa shape index (κ1) is 26.6. The zero-order valence-corrected chi connectivity index (χ0v) is 19.4. The molecule has 4 nitrogen and oxygen atoms in total. The number of hydrogen-bond acceptors (Lipinski definition) is 4. The third kappa shape index (κ3) is 20.9. The number of phosphoric ester groups is 1. The van der Waals surface area contributed by atoms with Gasteiger partial charge in [-0.3, -0.25) is 4.57 Å². The molecule has 1 atom stereocenters. The Labute approximate surface area is 170 Å². The highest BCUT2D eigenvalue weighted by Gasteiger charge is 2.07. The lowest BCUT2D eigenvalue weighted by atomic mass is 10.0. The maximum atomic E-state index is 11.3. The van der Waals surface area contributed by atoms with Gasteiger partial charge >= 0.3 is 0 Å². The van der Waals surface area contributed by atoms with Crippen molar-refractivity contribution in [2.24, 2.45) is 0 Å². The highest BCUT2D eigenvalue weighted by Crippen LogP contribution is 2.38. The van der Waals surface area contributed by atoms with Gasteiger partial charge < -0.3 is 13.9 Å². The van der Waals surface area contributed by atoms with Crippen LogP contribution in [0.3, 0.4) is 0 Å². The van der Waals surface area contributed by atoms with Gasteiger partial charge in [0.05, 0.1) is 13.2 Å². The maximum absolute atomic E-state index is 11.3. The number of unbranched alkanes of at least 4 members (excludes halogenated alkanes) is 15. The van der Waals surface area contributed by atoms with Crippen molar-refractivity contribution >= 4 is 23.8 Å². The molecule has 0 radical (unpaired) electrons. The average molecular weight is 456 g/mol. The Balaban J connectivity index is 3.14. The molecule has 1 unspecified atom stereocenters. The molecule has 6 heteroatoms. The van der Waals surface area contributed by atoms with Crippen LogP contribution >= 0.6 is 23.8 Å². The second kappa shape index (κ2) is 20.3. The molecule has 0 aliphatic heterocycles. The summed E-state index contributed by atoms with van der Waals surface area (Å²) in [5.41, 5.74) is 0. The van der Waals surface area contributed by atoms with Gasteiger partial charge in [0.1, 0.15) is 0 Å². The van der Waals surface area contributed by atoms with Gasteiger partial charge in [-0.1, -0.05) is 119 Å². The van der Waals surface area contributed by atoms with Crippen molar-refractivity contribution in [2.45, 2.75) is 110 Å². The minimum Gasteiger partial charge on any atom is -0.756 e. The van der Waals surface area contributed by atoms with Crippen LogP contribution in [-0.2, 0) is 13.6 Å². The molecule has 0 spiro atoms. The molecular weight excluding hydrogens is 415 g/mol. The number of alkyl halides is 1. The topological polar surface area (TPSA) is 58.6 Å². The zero-order valence-electron chi connectivity index (χ0n) is 16.9. The molecule has 26 heavy (non-hydrogen) atoms. The summed E-state index contributed by atoms with van der Waals surface area (Å²) in [4.78, 5) is 11.3. The summed E-state index contributed by atoms with van der Waals surface area (Å²) in [6.45, 7) is 2.63. The first-order valence-corrected chi connectivity index (χ1v) is 13.4. The van der Waals surface area contributed by atoms with Crippen molar-refractivity contribution in [2.75, 3.05) is 18.5 Å². The van der Waals surface area contributed by atoms with E-state index in [0.29, 0.717) is 5.33 Å². The summed E-state index contributed by atoms with van der Waals surface area (Å²) in [7, 11) is -4.08. The van der Waals surface area contributed by atoms with E-state index in [1.54, 1.807) is 0 Å². The van der Waals surface area contributed by atoms with Crippen molar-refractivity contribution in [3.63, 3.8) is 0 Å². The van der Waals surface area contributed by atoms with Crippen LogP contribution in [0, 0.1) is 0 Å². The Bertz CT molecular complexity index is 329. The largest absolute Gasteiger partial charge is 0.756 e. The van der Waals surface area contributed by atoms with Crippen LogP contribution in [-0.4, -0.2) is 18.5 Å². The summed E-state index contributed by atoms with van der Waals surface area (Å²) >= 11 is 3.12. The SMILES string of the molecule is CCCCCCCCCCCCCCCCCCOP(=O)([O-])OCCBr. The van der Waals surface area contributed by atoms with Crippen molar-refractivity contribution in [3.05, 3.63) is 0 Å². The minimum atomic E-state index is -4.08. The Morgan fingerprint density at radius 3 is 1.38 bits per heavy atom. The van der Waals surface area contributed by atoms with E-state index in [2.05, 4.69) is 27.4 Å². The monoisotopic (exact) mass is 455 g/mol. The van der Waals surface area contributed by atoms with Crippen LogP contribution in [0.15, 0.2) is 0 Å². The molecule has 0 heterocycles. The molecule has 0 amide bonds. The summed E-state index contributed by atoms with van der Waals surface area (Å²) in [6, 6.07) is 0. The van der Waals surface area contributed by atoms with Gasteiger partial charge in [0.2, 0.25) is 0 Å². The van der Waals surface area contributed by atoms with E-state index < -0.39 is 7.82 Å². The van der Waals surface area contributed by atoms with Crippen molar-refractivity contribution < 1.29 is 18.5 Å². The first-order chi connectivity index (χ1) is 12.6. The predicted molar refractivity (Wildman–Crippen MR) is 113 cm³/mol. The normalized spacial score (nSPS) is 13.8. The molecule has 0 aliphatic rings. The third-order valence-electron chi connectivity index (χ3n) is 4.57. The van der Waals surface area contributed by atoms with Gasteiger partial charge in [0.25, 0.3) is 7.82 Å². The lowest BCUT2D eigenvalue weighted by Crippen LogP contribution is -2.10. The van der Waals surface area contributed by atoms with E-state index in [-0.39, 0.29) is 13.2 Å². The quantitative estimate of drug-likeness (QED) is 0.105. The van der Waals surface area contributed by atoms with Crippen molar-refractivity contribution in [1.82, 2.24) is 0 Å². The number of rotatable bonds is 21. The lowest BCUT2D eigenvalue weighted by molar-refractivity contribution is -0.225. The Morgan fingerprint density at radius 2 is 1.00 bits per heavy atom. The van der Waals surface area contributed by atoms with Gasteiger partial charge in [-0.2, -0.15) is 0 Å². The van der Waals surface area contributed by atoms with Gasteiger partial charge in [-0.05, 0) is 6.42 Å². The summed E-state index contributed by atoms with van der Waals surface area (Å²) in [5.74, 6) is 0. The minimum absolute atomic E-state index is 0.125. The number of hydrogen-bond donors (Lipinski definition) is 0. The Hall–Kier alpha value is 0.590. The van der Waals surface area contributed by atoms with Gasteiger partial charge in [0.15, 0.2) is 0 Å². The van der Waals surface area contributed by atoms with E-state index in [1.165, 1.54) is 83.5 Å². The Kier molecular flexibility index (Phi) is 20.8. The molecule has 0 aromatic heterocycles. The van der Waals surface area contributed by atoms with Crippen LogP contribution in [0.5, 0.6) is 0 Å². The lowest BCUT2D eigenvalue weighted by Gasteiger charge is -2.22. The molecule has 0 bridgehead atoms. The second-order valence-corrected chi connectivity index (χ2v) is 9.31. The summed E-state index contributed by atoms with van der Waals surface area (Å²) < 4.78 is 20.8. The molecule has 158 valence electrons. The van der Waals surface area contributed by atoms with Gasteiger partial charge in [-0.15, -0.1) is 0 Å². The number of halogens is 1. The average Bonchev–Trinajstić information content (AvgIpc) is 2.62. The highest BCUT2D eigenvalue weighted by molar-refractivity contribution is 9.09. The standard InChI is InChI=1S/C20H42BrO4P/c1-2-3-4-5-6-7-8-9-10-11-12-13-14-15-16-17-19-24-26(22,23)25-20-18-21/h2-20H2,1H3,(H,22,23)/p-1. The second-order valence-electron chi connectivity index (χ2n) is 7.11. The predicted octanol–water partition coefficient (Wildman–Crippen LogP) is 7.14. The van der Waals surface area contributed by atoms with Gasteiger partial charge in [0, 0.05) is 5.33 Å². The third-order valence-corrected chi connectivity index (χ3v) is 5.90. The van der Waals surface area contributed by atoms with Gasteiger partial charge in [-0.25, -0.2) is 0 Å². The molecular formula is C20H41BrO4P-. The van der Waals surface area contributed by atoms with E-state index in [4.69, 9.17) is 4.52 Å². The van der Waals surface area contributed by atoms with E-state index in [9.17, 15) is 9.46 Å². The maximum Gasteiger partial charge on any atom is 0.267 e. The van der Waals surface area contributed by atoms with E-state index in [0.717, 1.165) is 19.3 Å². The molecule has 0 rings (SSSR count). The highest BCUT2D eigenvalue weighted by atomic mass is 79.9. The molecule has 0 aliphatic carbocycles. The van der Waals surface area contributed by atoms with Crippen molar-refractivity contribution in [3.8, 4) is 0 Å². The fourth-order valence-electron chi connectivity index (χ4n) is 3.01. The smallest absolute Gasteiger partial charge is 0.267 e. The zero-order chi connectivity index (χ0) is 19.3. The van der Waals surface area contributed by atoms with Crippen LogP contribution in [0.2, 0.25) is 0 Å². The van der Waals surface area contributed by atoms with Crippen molar-refractivity contribution in [1.29, 1.82) is 0 Å².